The van der Waals surface area contributed by atoms with Crippen LogP contribution in [0.3, 0.4) is 0 Å². The van der Waals surface area contributed by atoms with Gasteiger partial charge in [0, 0.05) is 12.1 Å². The molecule has 0 fully saturated rings. The highest BCUT2D eigenvalue weighted by atomic mass is 16.5. The summed E-state index contributed by atoms with van der Waals surface area (Å²) in [6, 6.07) is 0. The number of nitrogens with two attached hydrogens (primary N) is 1. The molecule has 2 N–H and O–H groups in total. The van der Waals surface area contributed by atoms with E-state index in [1.54, 1.807) is 0 Å². The molecule has 0 bridgehead atoms. The number of ether oxygens (including phenoxy) is 1. The third-order valence-corrected chi connectivity index (χ3v) is 2.69. The molecule has 0 radical (unpaired) electrons. The summed E-state index contributed by atoms with van der Waals surface area (Å²) in [4.78, 5) is 2.17. The minimum absolute atomic E-state index is 0.113. The summed E-state index contributed by atoms with van der Waals surface area (Å²) in [7, 11) is 4.15. The predicted octanol–water partition coefficient (Wildman–Crippen LogP) is 1.47. The Labute approximate surface area is 88.6 Å². The van der Waals surface area contributed by atoms with E-state index in [1.165, 1.54) is 0 Å². The van der Waals surface area contributed by atoms with Crippen molar-refractivity contribution in [3.05, 3.63) is 0 Å². The number of nitrogens with zero attached hydrogens (tertiary/aromatic N) is 1. The molecule has 0 amide bonds. The van der Waals surface area contributed by atoms with Crippen molar-refractivity contribution in [1.82, 2.24) is 4.90 Å². The van der Waals surface area contributed by atoms with E-state index in [9.17, 15) is 0 Å². The zero-order chi connectivity index (χ0) is 11.0. The summed E-state index contributed by atoms with van der Waals surface area (Å²) < 4.78 is 5.58. The Morgan fingerprint density at radius 3 is 2.21 bits per heavy atom. The van der Waals surface area contributed by atoms with Gasteiger partial charge in [-0.25, -0.2) is 0 Å². The van der Waals surface area contributed by atoms with Gasteiger partial charge in [0.1, 0.15) is 0 Å². The largest absolute Gasteiger partial charge is 0.379 e. The molecule has 0 aliphatic rings. The highest BCUT2D eigenvalue weighted by Gasteiger charge is 2.19. The normalized spacial score (nSPS) is 12.4. The second kappa shape index (κ2) is 7.21. The Hall–Kier alpha value is -0.120. The molecule has 0 rings (SSSR count). The average molecular weight is 202 g/mol. The lowest BCUT2D eigenvalue weighted by molar-refractivity contribution is 0.0761. The van der Waals surface area contributed by atoms with Gasteiger partial charge in [0.15, 0.2) is 0 Å². The van der Waals surface area contributed by atoms with Gasteiger partial charge in [-0.05, 0) is 39.9 Å². The highest BCUT2D eigenvalue weighted by molar-refractivity contribution is 4.80. The SMILES string of the molecule is CCC(N)(CC)COCCCN(C)C. The molecule has 0 atom stereocenters. The van der Waals surface area contributed by atoms with Crippen LogP contribution in [0.1, 0.15) is 33.1 Å². The number of hydrogen-bond donors (Lipinski definition) is 1. The molecule has 0 aliphatic heterocycles. The number of rotatable bonds is 8. The quantitative estimate of drug-likeness (QED) is 0.606. The van der Waals surface area contributed by atoms with Crippen LogP contribution in [0, 0.1) is 0 Å². The van der Waals surface area contributed by atoms with Gasteiger partial charge in [0.25, 0.3) is 0 Å². The Balaban J connectivity index is 3.43. The zero-order valence-electron chi connectivity index (χ0n) is 10.2. The predicted molar refractivity (Wildman–Crippen MR) is 61.5 cm³/mol. The summed E-state index contributed by atoms with van der Waals surface area (Å²) in [5.41, 5.74) is 5.99. The lowest BCUT2D eigenvalue weighted by atomic mass is 9.96. The van der Waals surface area contributed by atoms with Crippen LogP contribution in [-0.2, 0) is 4.74 Å². The van der Waals surface area contributed by atoms with Gasteiger partial charge in [-0.3, -0.25) is 0 Å². The molecular weight excluding hydrogens is 176 g/mol. The van der Waals surface area contributed by atoms with Crippen molar-refractivity contribution in [2.45, 2.75) is 38.6 Å². The summed E-state index contributed by atoms with van der Waals surface area (Å²) in [6.45, 7) is 6.82. The minimum atomic E-state index is -0.113. The van der Waals surface area contributed by atoms with E-state index >= 15 is 0 Å². The van der Waals surface area contributed by atoms with Gasteiger partial charge < -0.3 is 15.4 Å². The molecule has 3 heteroatoms. The van der Waals surface area contributed by atoms with E-state index in [1.807, 2.05) is 0 Å². The molecule has 0 aliphatic carbocycles. The second-order valence-electron chi connectivity index (χ2n) is 4.28. The van der Waals surface area contributed by atoms with Crippen LogP contribution in [0.25, 0.3) is 0 Å². The van der Waals surface area contributed by atoms with Gasteiger partial charge >= 0.3 is 0 Å². The van der Waals surface area contributed by atoms with Gasteiger partial charge in [-0.15, -0.1) is 0 Å². The van der Waals surface area contributed by atoms with E-state index in [4.69, 9.17) is 10.5 Å². The van der Waals surface area contributed by atoms with Crippen molar-refractivity contribution in [3.63, 3.8) is 0 Å². The fourth-order valence-corrected chi connectivity index (χ4v) is 1.21. The van der Waals surface area contributed by atoms with E-state index in [0.29, 0.717) is 6.61 Å². The van der Waals surface area contributed by atoms with Crippen molar-refractivity contribution >= 4 is 0 Å². The first-order valence-electron chi connectivity index (χ1n) is 5.55. The van der Waals surface area contributed by atoms with Crippen molar-refractivity contribution in [1.29, 1.82) is 0 Å². The van der Waals surface area contributed by atoms with Crippen LogP contribution in [-0.4, -0.2) is 44.3 Å². The molecule has 3 nitrogen and oxygen atoms in total. The summed E-state index contributed by atoms with van der Waals surface area (Å²) in [5.74, 6) is 0. The lowest BCUT2D eigenvalue weighted by Gasteiger charge is -2.26. The molecule has 0 saturated carbocycles. The maximum Gasteiger partial charge on any atom is 0.0645 e. The highest BCUT2D eigenvalue weighted by Crippen LogP contribution is 2.11. The molecule has 14 heavy (non-hydrogen) atoms. The van der Waals surface area contributed by atoms with E-state index in [2.05, 4.69) is 32.8 Å². The first-order valence-corrected chi connectivity index (χ1v) is 5.55. The van der Waals surface area contributed by atoms with Gasteiger partial charge in [0.2, 0.25) is 0 Å². The van der Waals surface area contributed by atoms with Crippen LogP contribution in [0.4, 0.5) is 0 Å². The van der Waals surface area contributed by atoms with E-state index < -0.39 is 0 Å². The molecule has 0 aromatic rings. The fourth-order valence-electron chi connectivity index (χ4n) is 1.21. The fraction of sp³-hybridized carbons (Fsp3) is 1.00. The van der Waals surface area contributed by atoms with Gasteiger partial charge in [0.05, 0.1) is 6.61 Å². The maximum atomic E-state index is 6.10. The topological polar surface area (TPSA) is 38.5 Å². The Morgan fingerprint density at radius 1 is 1.21 bits per heavy atom. The molecule has 0 heterocycles. The van der Waals surface area contributed by atoms with Crippen molar-refractivity contribution in [3.8, 4) is 0 Å². The molecule has 0 unspecified atom stereocenters. The summed E-state index contributed by atoms with van der Waals surface area (Å²) in [5, 5.41) is 0. The first kappa shape index (κ1) is 13.9. The number of hydrogen-bond acceptors (Lipinski definition) is 3. The smallest absolute Gasteiger partial charge is 0.0645 e. The minimum Gasteiger partial charge on any atom is -0.379 e. The van der Waals surface area contributed by atoms with Gasteiger partial charge in [-0.2, -0.15) is 0 Å². The third-order valence-electron chi connectivity index (χ3n) is 2.69. The second-order valence-corrected chi connectivity index (χ2v) is 4.28. The van der Waals surface area contributed by atoms with Gasteiger partial charge in [-0.1, -0.05) is 13.8 Å². The van der Waals surface area contributed by atoms with Crippen molar-refractivity contribution in [2.24, 2.45) is 5.73 Å². The summed E-state index contributed by atoms with van der Waals surface area (Å²) in [6.07, 6.45) is 3.05. The van der Waals surface area contributed by atoms with E-state index in [-0.39, 0.29) is 5.54 Å². The Bertz CT molecular complexity index is 133. The Kier molecular flexibility index (Phi) is 7.15. The average Bonchev–Trinajstić information content (AvgIpc) is 2.16. The molecule has 86 valence electrons. The Morgan fingerprint density at radius 2 is 1.79 bits per heavy atom. The monoisotopic (exact) mass is 202 g/mol. The molecule has 0 aromatic carbocycles. The molecule has 0 aromatic heterocycles. The van der Waals surface area contributed by atoms with Crippen molar-refractivity contribution < 1.29 is 4.74 Å². The maximum absolute atomic E-state index is 6.10. The molecule has 0 saturated heterocycles. The van der Waals surface area contributed by atoms with Crippen LogP contribution in [0.5, 0.6) is 0 Å². The van der Waals surface area contributed by atoms with Crippen molar-refractivity contribution in [2.75, 3.05) is 33.9 Å². The zero-order valence-corrected chi connectivity index (χ0v) is 10.2. The molecule has 0 spiro atoms. The summed E-state index contributed by atoms with van der Waals surface area (Å²) >= 11 is 0. The van der Waals surface area contributed by atoms with Crippen LogP contribution < -0.4 is 5.73 Å². The third kappa shape index (κ3) is 6.35. The molecular formula is C11H26N2O. The first-order chi connectivity index (χ1) is 6.54. The van der Waals surface area contributed by atoms with E-state index in [0.717, 1.165) is 32.4 Å². The van der Waals surface area contributed by atoms with Crippen LogP contribution >= 0.6 is 0 Å². The standard InChI is InChI=1S/C11H26N2O/c1-5-11(12,6-2)10-14-9-7-8-13(3)4/h5-10,12H2,1-4H3. The van der Waals surface area contributed by atoms with Crippen LogP contribution in [0.15, 0.2) is 0 Å². The van der Waals surface area contributed by atoms with Crippen LogP contribution in [0.2, 0.25) is 0 Å². The lowest BCUT2D eigenvalue weighted by Crippen LogP contribution is -2.43.